The van der Waals surface area contributed by atoms with Crippen LogP contribution < -0.4 is 5.32 Å². The molecule has 1 aromatic carbocycles. The zero-order chi connectivity index (χ0) is 14.8. The Kier molecular flexibility index (Phi) is 3.66. The Morgan fingerprint density at radius 3 is 2.81 bits per heavy atom. The number of H-pyrrole nitrogens is 1. The second-order valence-electron chi connectivity index (χ2n) is 4.75. The second-order valence-corrected chi connectivity index (χ2v) is 4.75. The average Bonchev–Trinajstić information content (AvgIpc) is 3.10. The normalized spacial score (nSPS) is 17.9. The Bertz CT molecular complexity index is 646. The van der Waals surface area contributed by atoms with Crippen molar-refractivity contribution < 1.29 is 18.3 Å². The molecule has 0 bridgehead atoms. The van der Waals surface area contributed by atoms with Crippen LogP contribution in [0.15, 0.2) is 24.3 Å². The highest BCUT2D eigenvalue weighted by atomic mass is 19.1. The van der Waals surface area contributed by atoms with E-state index in [2.05, 4.69) is 15.5 Å². The monoisotopic (exact) mass is 293 g/mol. The van der Waals surface area contributed by atoms with Crippen molar-refractivity contribution in [1.29, 1.82) is 0 Å². The number of carbonyl (C=O) groups excluding carboxylic acids is 1. The number of rotatable bonds is 3. The number of nitrogens with one attached hydrogen (secondary N) is 2. The Balaban J connectivity index is 1.78. The van der Waals surface area contributed by atoms with Crippen molar-refractivity contribution in [3.05, 3.63) is 35.9 Å². The van der Waals surface area contributed by atoms with E-state index in [-0.39, 0.29) is 23.0 Å². The third kappa shape index (κ3) is 2.78. The number of hydrogen-bond donors (Lipinski definition) is 2. The molecule has 3 rings (SSSR count). The van der Waals surface area contributed by atoms with Gasteiger partial charge in [-0.05, 0) is 25.0 Å². The number of carbonyl (C=O) groups is 1. The predicted molar refractivity (Wildman–Crippen MR) is 71.5 cm³/mol. The van der Waals surface area contributed by atoms with Crippen LogP contribution in [0.25, 0.3) is 11.3 Å². The zero-order valence-corrected chi connectivity index (χ0v) is 11.0. The molecule has 1 saturated heterocycles. The quantitative estimate of drug-likeness (QED) is 0.913. The minimum atomic E-state index is -0.698. The van der Waals surface area contributed by atoms with E-state index in [1.807, 2.05) is 0 Å². The van der Waals surface area contributed by atoms with Crippen LogP contribution >= 0.6 is 0 Å². The molecule has 0 radical (unpaired) electrons. The SMILES string of the molecule is O=C(Nc1cc(-c2c(F)cccc2F)[nH]n1)[C@@H]1CCCO1. The molecular formula is C14H13F2N3O2. The summed E-state index contributed by atoms with van der Waals surface area (Å²) in [6.45, 7) is 0.560. The summed E-state index contributed by atoms with van der Waals surface area (Å²) in [6, 6.07) is 4.98. The summed E-state index contributed by atoms with van der Waals surface area (Å²) in [7, 11) is 0. The van der Waals surface area contributed by atoms with Crippen molar-refractivity contribution in [1.82, 2.24) is 10.2 Å². The van der Waals surface area contributed by atoms with E-state index in [0.717, 1.165) is 18.6 Å². The van der Waals surface area contributed by atoms with E-state index in [1.165, 1.54) is 12.1 Å². The average molecular weight is 293 g/mol. The molecule has 5 nitrogen and oxygen atoms in total. The lowest BCUT2D eigenvalue weighted by Gasteiger charge is -2.07. The van der Waals surface area contributed by atoms with Crippen molar-refractivity contribution in [2.24, 2.45) is 0 Å². The number of benzene rings is 1. The number of halogens is 2. The van der Waals surface area contributed by atoms with Gasteiger partial charge in [-0.1, -0.05) is 6.07 Å². The van der Waals surface area contributed by atoms with Crippen LogP contribution in [-0.4, -0.2) is 28.8 Å². The molecule has 2 heterocycles. The number of hydrogen-bond acceptors (Lipinski definition) is 3. The molecule has 2 N–H and O–H groups in total. The molecule has 110 valence electrons. The van der Waals surface area contributed by atoms with Crippen molar-refractivity contribution in [2.75, 3.05) is 11.9 Å². The molecule has 1 amide bonds. The molecular weight excluding hydrogens is 280 g/mol. The first kappa shape index (κ1) is 13.7. The Morgan fingerprint density at radius 2 is 2.14 bits per heavy atom. The number of amides is 1. The van der Waals surface area contributed by atoms with Crippen LogP contribution in [0.1, 0.15) is 12.8 Å². The zero-order valence-electron chi connectivity index (χ0n) is 11.0. The van der Waals surface area contributed by atoms with Gasteiger partial charge in [0, 0.05) is 12.7 Å². The number of aromatic amines is 1. The molecule has 7 heteroatoms. The van der Waals surface area contributed by atoms with Gasteiger partial charge < -0.3 is 10.1 Å². The Labute approximate surface area is 119 Å². The third-order valence-corrected chi connectivity index (χ3v) is 3.28. The molecule has 1 fully saturated rings. The van der Waals surface area contributed by atoms with Crippen LogP contribution in [0.5, 0.6) is 0 Å². The molecule has 21 heavy (non-hydrogen) atoms. The summed E-state index contributed by atoms with van der Waals surface area (Å²) in [5, 5.41) is 8.92. The van der Waals surface area contributed by atoms with Crippen LogP contribution in [-0.2, 0) is 9.53 Å². The summed E-state index contributed by atoms with van der Waals surface area (Å²) in [5.41, 5.74) is -0.0455. The highest BCUT2D eigenvalue weighted by Crippen LogP contribution is 2.26. The molecule has 0 unspecified atom stereocenters. The summed E-state index contributed by atoms with van der Waals surface area (Å²) >= 11 is 0. The lowest BCUT2D eigenvalue weighted by molar-refractivity contribution is -0.124. The molecule has 2 aromatic rings. The van der Waals surface area contributed by atoms with E-state index in [0.29, 0.717) is 13.0 Å². The molecule has 1 aliphatic heterocycles. The fourth-order valence-corrected chi connectivity index (χ4v) is 2.26. The maximum absolute atomic E-state index is 13.7. The van der Waals surface area contributed by atoms with Gasteiger partial charge in [0.1, 0.15) is 17.7 Å². The van der Waals surface area contributed by atoms with Gasteiger partial charge in [0.15, 0.2) is 5.82 Å². The van der Waals surface area contributed by atoms with E-state index in [1.54, 1.807) is 0 Å². The Hall–Kier alpha value is -2.28. The summed E-state index contributed by atoms with van der Waals surface area (Å²) in [5.74, 6) is -1.50. The molecule has 0 saturated carbocycles. The summed E-state index contributed by atoms with van der Waals surface area (Å²) in [4.78, 5) is 11.9. The molecule has 1 aliphatic rings. The fourth-order valence-electron chi connectivity index (χ4n) is 2.26. The van der Waals surface area contributed by atoms with Crippen LogP contribution in [0.3, 0.4) is 0 Å². The van der Waals surface area contributed by atoms with E-state index in [4.69, 9.17) is 4.74 Å². The first-order valence-electron chi connectivity index (χ1n) is 6.57. The molecule has 0 aliphatic carbocycles. The van der Waals surface area contributed by atoms with Crippen molar-refractivity contribution in [3.63, 3.8) is 0 Å². The first-order valence-corrected chi connectivity index (χ1v) is 6.57. The largest absolute Gasteiger partial charge is 0.368 e. The number of aromatic nitrogens is 2. The van der Waals surface area contributed by atoms with Crippen LogP contribution in [0.4, 0.5) is 14.6 Å². The summed E-state index contributed by atoms with van der Waals surface area (Å²) in [6.07, 6.45) is 1.01. The highest BCUT2D eigenvalue weighted by molar-refractivity contribution is 5.93. The fraction of sp³-hybridized carbons (Fsp3) is 0.286. The standard InChI is InChI=1S/C14H13F2N3O2/c15-8-3-1-4-9(16)13(8)10-7-12(19-18-10)17-14(20)11-5-2-6-21-11/h1,3-4,7,11H,2,5-6H2,(H2,17,18,19,20)/t11-/m0/s1. The van der Waals surface area contributed by atoms with Gasteiger partial charge in [0.25, 0.3) is 5.91 Å². The van der Waals surface area contributed by atoms with Gasteiger partial charge in [0.2, 0.25) is 0 Å². The molecule has 0 spiro atoms. The smallest absolute Gasteiger partial charge is 0.254 e. The topological polar surface area (TPSA) is 67.0 Å². The Morgan fingerprint density at radius 1 is 1.38 bits per heavy atom. The number of anilines is 1. The van der Waals surface area contributed by atoms with Gasteiger partial charge in [-0.15, -0.1) is 0 Å². The van der Waals surface area contributed by atoms with Crippen LogP contribution in [0, 0.1) is 11.6 Å². The minimum absolute atomic E-state index is 0.160. The van der Waals surface area contributed by atoms with Crippen LogP contribution in [0.2, 0.25) is 0 Å². The van der Waals surface area contributed by atoms with E-state index < -0.39 is 17.7 Å². The minimum Gasteiger partial charge on any atom is -0.368 e. The second kappa shape index (κ2) is 5.61. The van der Waals surface area contributed by atoms with Gasteiger partial charge in [-0.2, -0.15) is 5.10 Å². The van der Waals surface area contributed by atoms with Gasteiger partial charge in [-0.3, -0.25) is 9.89 Å². The van der Waals surface area contributed by atoms with Crippen molar-refractivity contribution in [2.45, 2.75) is 18.9 Å². The maximum Gasteiger partial charge on any atom is 0.254 e. The number of nitrogens with zero attached hydrogens (tertiary/aromatic N) is 1. The lowest BCUT2D eigenvalue weighted by Crippen LogP contribution is -2.26. The van der Waals surface area contributed by atoms with Crippen molar-refractivity contribution in [3.8, 4) is 11.3 Å². The maximum atomic E-state index is 13.7. The summed E-state index contributed by atoms with van der Waals surface area (Å²) < 4.78 is 32.6. The highest BCUT2D eigenvalue weighted by Gasteiger charge is 2.24. The first-order chi connectivity index (χ1) is 10.1. The predicted octanol–water partition coefficient (Wildman–Crippen LogP) is 2.47. The lowest BCUT2D eigenvalue weighted by atomic mass is 10.1. The van der Waals surface area contributed by atoms with Gasteiger partial charge in [0.05, 0.1) is 11.3 Å². The third-order valence-electron chi connectivity index (χ3n) is 3.28. The van der Waals surface area contributed by atoms with E-state index in [9.17, 15) is 13.6 Å². The van der Waals surface area contributed by atoms with Gasteiger partial charge in [-0.25, -0.2) is 8.78 Å². The molecule has 1 atom stereocenters. The van der Waals surface area contributed by atoms with E-state index >= 15 is 0 Å². The molecule has 1 aromatic heterocycles. The van der Waals surface area contributed by atoms with Crippen molar-refractivity contribution >= 4 is 11.7 Å². The number of ether oxygens (including phenoxy) is 1. The van der Waals surface area contributed by atoms with Gasteiger partial charge >= 0.3 is 0 Å².